The normalized spacial score (nSPS) is 19.0. The summed E-state index contributed by atoms with van der Waals surface area (Å²) in [5.74, 6) is 0.172. The van der Waals surface area contributed by atoms with Gasteiger partial charge < -0.3 is 10.2 Å². The number of aryl methyl sites for hydroxylation is 3. The average Bonchev–Trinajstić information content (AvgIpc) is 3.14. The van der Waals surface area contributed by atoms with Crippen LogP contribution in [0.5, 0.6) is 0 Å². The van der Waals surface area contributed by atoms with Crippen LogP contribution in [-0.2, 0) is 17.6 Å². The number of nitrogens with zero attached hydrogens (tertiary/aromatic N) is 4. The molecule has 1 aliphatic carbocycles. The Labute approximate surface area is 175 Å². The second-order valence-corrected chi connectivity index (χ2v) is 8.43. The lowest BCUT2D eigenvalue weighted by molar-refractivity contribution is -0.120. The highest BCUT2D eigenvalue weighted by Crippen LogP contribution is 2.32. The van der Waals surface area contributed by atoms with Crippen LogP contribution in [0.1, 0.15) is 42.5 Å². The summed E-state index contributed by atoms with van der Waals surface area (Å²) in [6, 6.07) is 4.87. The molecule has 7 heteroatoms. The Hall–Kier alpha value is -2.96. The second-order valence-electron chi connectivity index (χ2n) is 8.43. The largest absolute Gasteiger partial charge is 0.354 e. The molecule has 0 spiro atoms. The second kappa shape index (κ2) is 7.70. The Morgan fingerprint density at radius 2 is 2.10 bits per heavy atom. The number of nitrogens with one attached hydrogen (secondary N) is 1. The van der Waals surface area contributed by atoms with Gasteiger partial charge >= 0.3 is 0 Å². The molecule has 1 amide bonds. The number of rotatable bonds is 3. The van der Waals surface area contributed by atoms with Gasteiger partial charge in [-0.1, -0.05) is 6.07 Å². The van der Waals surface area contributed by atoms with E-state index in [4.69, 9.17) is 5.10 Å². The number of halogens is 1. The maximum absolute atomic E-state index is 14.2. The Bertz CT molecular complexity index is 1110. The van der Waals surface area contributed by atoms with E-state index in [-0.39, 0.29) is 17.5 Å². The van der Waals surface area contributed by atoms with E-state index < -0.39 is 5.82 Å². The number of aromatic nitrogens is 3. The highest BCUT2D eigenvalue weighted by molar-refractivity contribution is 5.93. The van der Waals surface area contributed by atoms with Crippen molar-refractivity contribution in [2.45, 2.75) is 45.4 Å². The topological polar surface area (TPSA) is 62.5 Å². The first-order chi connectivity index (χ1) is 14.6. The van der Waals surface area contributed by atoms with Crippen molar-refractivity contribution in [3.8, 4) is 0 Å². The fourth-order valence-electron chi connectivity index (χ4n) is 4.72. The predicted molar refractivity (Wildman–Crippen MR) is 114 cm³/mol. The van der Waals surface area contributed by atoms with Gasteiger partial charge in [-0.15, -0.1) is 0 Å². The molecule has 1 atom stereocenters. The van der Waals surface area contributed by atoms with Crippen LogP contribution in [0.15, 0.2) is 30.6 Å². The van der Waals surface area contributed by atoms with Crippen LogP contribution in [-0.4, -0.2) is 33.6 Å². The van der Waals surface area contributed by atoms with Gasteiger partial charge in [-0.05, 0) is 63.1 Å². The summed E-state index contributed by atoms with van der Waals surface area (Å²) in [6.07, 6.45) is 9.78. The van der Waals surface area contributed by atoms with Crippen molar-refractivity contribution >= 4 is 22.9 Å². The van der Waals surface area contributed by atoms with Crippen LogP contribution in [0.3, 0.4) is 0 Å². The quantitative estimate of drug-likeness (QED) is 0.715. The predicted octanol–water partition coefficient (Wildman–Crippen LogP) is 3.91. The molecule has 5 rings (SSSR count). The van der Waals surface area contributed by atoms with Crippen molar-refractivity contribution in [1.82, 2.24) is 14.6 Å². The van der Waals surface area contributed by atoms with Gasteiger partial charge in [0.15, 0.2) is 5.82 Å². The summed E-state index contributed by atoms with van der Waals surface area (Å²) in [4.78, 5) is 19.8. The third-order valence-electron chi connectivity index (χ3n) is 6.27. The molecule has 0 saturated carbocycles. The maximum Gasteiger partial charge on any atom is 0.229 e. The van der Waals surface area contributed by atoms with E-state index >= 15 is 0 Å². The first kappa shape index (κ1) is 19.0. The number of piperidine rings is 1. The van der Waals surface area contributed by atoms with Crippen LogP contribution in [0.4, 0.5) is 15.9 Å². The van der Waals surface area contributed by atoms with Crippen molar-refractivity contribution in [1.29, 1.82) is 0 Å². The van der Waals surface area contributed by atoms with Crippen LogP contribution in [0.25, 0.3) is 5.52 Å². The summed E-state index contributed by atoms with van der Waals surface area (Å²) in [5.41, 5.74) is 4.64. The van der Waals surface area contributed by atoms with Gasteiger partial charge in [-0.2, -0.15) is 5.10 Å². The highest BCUT2D eigenvalue weighted by Gasteiger charge is 2.29. The van der Waals surface area contributed by atoms with Crippen molar-refractivity contribution in [3.05, 3.63) is 53.2 Å². The smallest absolute Gasteiger partial charge is 0.229 e. The molecule has 30 heavy (non-hydrogen) atoms. The van der Waals surface area contributed by atoms with E-state index in [0.717, 1.165) is 49.1 Å². The molecular weight excluding hydrogens is 381 g/mol. The minimum atomic E-state index is -0.395. The van der Waals surface area contributed by atoms with E-state index in [0.29, 0.717) is 6.54 Å². The van der Waals surface area contributed by atoms with Gasteiger partial charge in [0.25, 0.3) is 0 Å². The zero-order chi connectivity index (χ0) is 20.7. The number of anilines is 2. The fraction of sp³-hybridized carbons (Fsp3) is 0.435. The number of amides is 1. The van der Waals surface area contributed by atoms with Crippen molar-refractivity contribution in [2.75, 3.05) is 23.3 Å². The number of hydrogen-bond acceptors (Lipinski definition) is 4. The highest BCUT2D eigenvalue weighted by atomic mass is 19.1. The minimum absolute atomic E-state index is 0.134. The molecule has 1 aliphatic heterocycles. The summed E-state index contributed by atoms with van der Waals surface area (Å²) >= 11 is 0. The molecule has 2 aromatic heterocycles. The fourth-order valence-corrected chi connectivity index (χ4v) is 4.72. The van der Waals surface area contributed by atoms with E-state index in [9.17, 15) is 9.18 Å². The Morgan fingerprint density at radius 3 is 2.97 bits per heavy atom. The Morgan fingerprint density at radius 1 is 1.23 bits per heavy atom. The first-order valence-corrected chi connectivity index (χ1v) is 10.8. The zero-order valence-corrected chi connectivity index (χ0v) is 17.2. The molecule has 0 unspecified atom stereocenters. The van der Waals surface area contributed by atoms with Crippen LogP contribution >= 0.6 is 0 Å². The molecule has 156 valence electrons. The molecule has 1 N–H and O–H groups in total. The molecule has 3 aromatic rings. The molecule has 0 radical (unpaired) electrons. The van der Waals surface area contributed by atoms with Gasteiger partial charge in [0.05, 0.1) is 17.3 Å². The van der Waals surface area contributed by atoms with Crippen molar-refractivity contribution in [3.63, 3.8) is 0 Å². The summed E-state index contributed by atoms with van der Waals surface area (Å²) in [6.45, 7) is 3.26. The standard InChI is InChI=1S/C23H26FN5O/c1-15-8-9-20(18(24)13-15)26-23(30)16-5-4-11-28(14-16)22-21-17-6-2-3-7-19(17)27-29(21)12-10-25-22/h8-10,12-13,16H,2-7,11,14H2,1H3,(H,26,30)/t16-/m0/s1. The van der Waals surface area contributed by atoms with E-state index in [1.165, 1.54) is 30.2 Å². The monoisotopic (exact) mass is 407 g/mol. The van der Waals surface area contributed by atoms with Gasteiger partial charge in [-0.25, -0.2) is 13.9 Å². The van der Waals surface area contributed by atoms with E-state index in [1.54, 1.807) is 18.3 Å². The number of hydrogen-bond donors (Lipinski definition) is 1. The molecule has 0 bridgehead atoms. The molecule has 1 fully saturated rings. The third-order valence-corrected chi connectivity index (χ3v) is 6.27. The van der Waals surface area contributed by atoms with Crippen molar-refractivity contribution < 1.29 is 9.18 Å². The molecule has 3 heterocycles. The average molecular weight is 407 g/mol. The number of fused-ring (bicyclic) bond motifs is 3. The summed E-state index contributed by atoms with van der Waals surface area (Å²) < 4.78 is 16.1. The lowest BCUT2D eigenvalue weighted by Crippen LogP contribution is -2.41. The molecule has 1 saturated heterocycles. The zero-order valence-electron chi connectivity index (χ0n) is 17.2. The van der Waals surface area contributed by atoms with Crippen LogP contribution in [0.2, 0.25) is 0 Å². The number of carbonyl (C=O) groups excluding carboxylic acids is 1. The molecule has 2 aliphatic rings. The van der Waals surface area contributed by atoms with Gasteiger partial charge in [-0.3, -0.25) is 4.79 Å². The van der Waals surface area contributed by atoms with E-state index in [1.807, 2.05) is 17.6 Å². The van der Waals surface area contributed by atoms with Crippen molar-refractivity contribution in [2.24, 2.45) is 5.92 Å². The van der Waals surface area contributed by atoms with Gasteiger partial charge in [0, 0.05) is 31.0 Å². The summed E-state index contributed by atoms with van der Waals surface area (Å²) in [7, 11) is 0. The lowest BCUT2D eigenvalue weighted by Gasteiger charge is -2.33. The van der Waals surface area contributed by atoms with Crippen LogP contribution in [0, 0.1) is 18.7 Å². The Balaban J connectivity index is 1.39. The number of carbonyl (C=O) groups is 1. The van der Waals surface area contributed by atoms with E-state index in [2.05, 4.69) is 15.2 Å². The first-order valence-electron chi connectivity index (χ1n) is 10.8. The Kier molecular flexibility index (Phi) is 4.89. The molecule has 6 nitrogen and oxygen atoms in total. The van der Waals surface area contributed by atoms with Gasteiger partial charge in [0.1, 0.15) is 11.3 Å². The van der Waals surface area contributed by atoms with Gasteiger partial charge in [0.2, 0.25) is 5.91 Å². The lowest BCUT2D eigenvalue weighted by atomic mass is 9.95. The molecule has 1 aromatic carbocycles. The SMILES string of the molecule is Cc1ccc(NC(=O)[C@H]2CCCN(c3nccn4nc5c(c34)CCCC5)C2)c(F)c1. The molecular formula is C23H26FN5O. The minimum Gasteiger partial charge on any atom is -0.354 e. The summed E-state index contributed by atoms with van der Waals surface area (Å²) in [5, 5.41) is 7.55. The third kappa shape index (κ3) is 3.42. The number of benzene rings is 1. The maximum atomic E-state index is 14.2. The van der Waals surface area contributed by atoms with Crippen LogP contribution < -0.4 is 10.2 Å².